The van der Waals surface area contributed by atoms with Gasteiger partial charge < -0.3 is 10.2 Å². The summed E-state index contributed by atoms with van der Waals surface area (Å²) in [6, 6.07) is 8.24. The van der Waals surface area contributed by atoms with Crippen LogP contribution in [0.4, 0.5) is 0 Å². The van der Waals surface area contributed by atoms with Gasteiger partial charge in [0.1, 0.15) is 0 Å². The van der Waals surface area contributed by atoms with Crippen LogP contribution in [-0.2, 0) is 10.2 Å². The fraction of sp³-hybridized carbons (Fsp3) is 0.562. The normalized spacial score (nSPS) is 23.9. The Bertz CT molecular complexity index is 513. The highest BCUT2D eigenvalue weighted by Crippen LogP contribution is 2.50. The minimum atomic E-state index is -0.224. The van der Waals surface area contributed by atoms with E-state index in [2.05, 4.69) is 38.3 Å². The molecule has 1 saturated carbocycles. The van der Waals surface area contributed by atoms with Crippen LogP contribution >= 0.6 is 15.9 Å². The SMILES string of the molecule is CNCC1CCN(C(=O)C2(c3cccc(Br)c3)CC2)C1. The van der Waals surface area contributed by atoms with Gasteiger partial charge in [0, 0.05) is 17.6 Å². The summed E-state index contributed by atoms with van der Waals surface area (Å²) in [6.45, 7) is 2.84. The second kappa shape index (κ2) is 5.49. The van der Waals surface area contributed by atoms with Crippen molar-refractivity contribution in [2.75, 3.05) is 26.7 Å². The summed E-state index contributed by atoms with van der Waals surface area (Å²) < 4.78 is 1.06. The van der Waals surface area contributed by atoms with E-state index in [9.17, 15) is 4.79 Å². The van der Waals surface area contributed by atoms with Gasteiger partial charge in [0.15, 0.2) is 0 Å². The van der Waals surface area contributed by atoms with E-state index in [4.69, 9.17) is 0 Å². The molecule has 1 heterocycles. The number of hydrogen-bond donors (Lipinski definition) is 1. The maximum atomic E-state index is 12.9. The third-order valence-electron chi connectivity index (χ3n) is 4.60. The number of carbonyl (C=O) groups is 1. The zero-order valence-electron chi connectivity index (χ0n) is 11.9. The van der Waals surface area contributed by atoms with E-state index < -0.39 is 0 Å². The first kappa shape index (κ1) is 14.1. The van der Waals surface area contributed by atoms with Gasteiger partial charge >= 0.3 is 0 Å². The molecular formula is C16H21BrN2O. The Morgan fingerprint density at radius 2 is 2.30 bits per heavy atom. The zero-order chi connectivity index (χ0) is 14.2. The van der Waals surface area contributed by atoms with E-state index >= 15 is 0 Å². The first-order valence-electron chi connectivity index (χ1n) is 7.36. The van der Waals surface area contributed by atoms with Crippen molar-refractivity contribution in [2.45, 2.75) is 24.7 Å². The smallest absolute Gasteiger partial charge is 0.233 e. The highest BCUT2D eigenvalue weighted by atomic mass is 79.9. The van der Waals surface area contributed by atoms with Crippen molar-refractivity contribution in [3.05, 3.63) is 34.3 Å². The largest absolute Gasteiger partial charge is 0.342 e. The molecule has 0 aromatic heterocycles. The second-order valence-corrected chi connectivity index (χ2v) is 6.97. The molecule has 108 valence electrons. The van der Waals surface area contributed by atoms with Crippen LogP contribution < -0.4 is 5.32 Å². The number of halogens is 1. The van der Waals surface area contributed by atoms with Crippen LogP contribution in [0.15, 0.2) is 28.7 Å². The third-order valence-corrected chi connectivity index (χ3v) is 5.10. The first-order chi connectivity index (χ1) is 9.65. The lowest BCUT2D eigenvalue weighted by Gasteiger charge is -2.24. The Hall–Kier alpha value is -0.870. The van der Waals surface area contributed by atoms with Gasteiger partial charge in [-0.15, -0.1) is 0 Å². The summed E-state index contributed by atoms with van der Waals surface area (Å²) >= 11 is 3.51. The number of nitrogens with one attached hydrogen (secondary N) is 1. The van der Waals surface area contributed by atoms with E-state index in [0.29, 0.717) is 11.8 Å². The van der Waals surface area contributed by atoms with E-state index in [-0.39, 0.29) is 5.41 Å². The highest BCUT2D eigenvalue weighted by molar-refractivity contribution is 9.10. The van der Waals surface area contributed by atoms with Crippen LogP contribution in [0.3, 0.4) is 0 Å². The standard InChI is InChI=1S/C16H21BrN2O/c1-18-10-12-5-8-19(11-12)15(20)16(6-7-16)13-3-2-4-14(17)9-13/h2-4,9,12,18H,5-8,10-11H2,1H3. The first-order valence-corrected chi connectivity index (χ1v) is 8.15. The molecule has 3 rings (SSSR count). The van der Waals surface area contributed by atoms with Crippen LogP contribution in [-0.4, -0.2) is 37.5 Å². The molecule has 2 aliphatic rings. The van der Waals surface area contributed by atoms with Gasteiger partial charge in [-0.05, 0) is 56.5 Å². The van der Waals surface area contributed by atoms with Crippen LogP contribution in [0.2, 0.25) is 0 Å². The van der Waals surface area contributed by atoms with Crippen molar-refractivity contribution >= 4 is 21.8 Å². The Morgan fingerprint density at radius 1 is 1.50 bits per heavy atom. The number of rotatable bonds is 4. The van der Waals surface area contributed by atoms with Crippen LogP contribution in [0.1, 0.15) is 24.8 Å². The summed E-state index contributed by atoms with van der Waals surface area (Å²) in [5, 5.41) is 3.22. The molecule has 1 aromatic rings. The van der Waals surface area contributed by atoms with Gasteiger partial charge in [-0.2, -0.15) is 0 Å². The van der Waals surface area contributed by atoms with Gasteiger partial charge in [0.25, 0.3) is 0 Å². The molecule has 1 aliphatic carbocycles. The number of carbonyl (C=O) groups excluding carboxylic acids is 1. The van der Waals surface area contributed by atoms with Gasteiger partial charge in [0.2, 0.25) is 5.91 Å². The fourth-order valence-corrected chi connectivity index (χ4v) is 3.71. The quantitative estimate of drug-likeness (QED) is 0.916. The molecule has 0 radical (unpaired) electrons. The third kappa shape index (κ3) is 2.51. The maximum Gasteiger partial charge on any atom is 0.233 e. The van der Waals surface area contributed by atoms with E-state index in [1.807, 2.05) is 19.2 Å². The molecule has 0 bridgehead atoms. The monoisotopic (exact) mass is 336 g/mol. The average Bonchev–Trinajstić information content (AvgIpc) is 3.13. The predicted molar refractivity (Wildman–Crippen MR) is 83.7 cm³/mol. The van der Waals surface area contributed by atoms with E-state index in [1.54, 1.807) is 0 Å². The van der Waals surface area contributed by atoms with Crippen molar-refractivity contribution in [1.29, 1.82) is 0 Å². The minimum absolute atomic E-state index is 0.224. The second-order valence-electron chi connectivity index (χ2n) is 6.06. The summed E-state index contributed by atoms with van der Waals surface area (Å²) in [6.07, 6.45) is 3.12. The minimum Gasteiger partial charge on any atom is -0.342 e. The van der Waals surface area contributed by atoms with Gasteiger partial charge in [-0.3, -0.25) is 4.79 Å². The van der Waals surface area contributed by atoms with Crippen LogP contribution in [0.25, 0.3) is 0 Å². The molecule has 1 aromatic carbocycles. The van der Waals surface area contributed by atoms with Crippen molar-refractivity contribution < 1.29 is 4.79 Å². The van der Waals surface area contributed by atoms with Crippen molar-refractivity contribution in [1.82, 2.24) is 10.2 Å². The molecule has 1 saturated heterocycles. The van der Waals surface area contributed by atoms with Crippen LogP contribution in [0.5, 0.6) is 0 Å². The summed E-state index contributed by atoms with van der Waals surface area (Å²) in [5.41, 5.74) is 0.951. The average molecular weight is 337 g/mol. The Morgan fingerprint density at radius 3 is 2.95 bits per heavy atom. The molecular weight excluding hydrogens is 316 g/mol. The van der Waals surface area contributed by atoms with Crippen molar-refractivity contribution in [2.24, 2.45) is 5.92 Å². The summed E-state index contributed by atoms with van der Waals surface area (Å²) in [7, 11) is 1.98. The molecule has 0 spiro atoms. The zero-order valence-corrected chi connectivity index (χ0v) is 13.4. The fourth-order valence-electron chi connectivity index (χ4n) is 3.31. The number of amides is 1. The van der Waals surface area contributed by atoms with Gasteiger partial charge in [0.05, 0.1) is 5.41 Å². The molecule has 20 heavy (non-hydrogen) atoms. The lowest BCUT2D eigenvalue weighted by Crippen LogP contribution is -2.38. The highest BCUT2D eigenvalue weighted by Gasteiger charge is 2.53. The van der Waals surface area contributed by atoms with Gasteiger partial charge in [-0.25, -0.2) is 0 Å². The Labute approximate surface area is 128 Å². The van der Waals surface area contributed by atoms with Crippen molar-refractivity contribution in [3.63, 3.8) is 0 Å². The van der Waals surface area contributed by atoms with Crippen molar-refractivity contribution in [3.8, 4) is 0 Å². The topological polar surface area (TPSA) is 32.3 Å². The van der Waals surface area contributed by atoms with E-state index in [0.717, 1.165) is 43.4 Å². The lowest BCUT2D eigenvalue weighted by molar-refractivity contribution is -0.133. The molecule has 3 nitrogen and oxygen atoms in total. The number of benzene rings is 1. The maximum absolute atomic E-state index is 12.9. The number of nitrogens with zero attached hydrogens (tertiary/aromatic N) is 1. The van der Waals surface area contributed by atoms with E-state index in [1.165, 1.54) is 5.56 Å². The summed E-state index contributed by atoms with van der Waals surface area (Å²) in [5.74, 6) is 0.955. The molecule has 4 heteroatoms. The molecule has 1 amide bonds. The Kier molecular flexibility index (Phi) is 3.87. The van der Waals surface area contributed by atoms with Gasteiger partial charge in [-0.1, -0.05) is 28.1 Å². The number of likely N-dealkylation sites (tertiary alicyclic amines) is 1. The molecule has 1 N–H and O–H groups in total. The molecule has 1 aliphatic heterocycles. The van der Waals surface area contributed by atoms with Crippen LogP contribution in [0, 0.1) is 5.92 Å². The predicted octanol–water partition coefficient (Wildman–Crippen LogP) is 2.55. The number of hydrogen-bond acceptors (Lipinski definition) is 2. The molecule has 1 unspecified atom stereocenters. The molecule has 2 fully saturated rings. The molecule has 1 atom stereocenters. The lowest BCUT2D eigenvalue weighted by atomic mass is 9.94. The summed E-state index contributed by atoms with van der Waals surface area (Å²) in [4.78, 5) is 15.0. The Balaban J connectivity index is 1.74.